The lowest BCUT2D eigenvalue weighted by molar-refractivity contribution is -0.388. The molecule has 146 valence electrons. The minimum atomic E-state index is -3.75. The number of aromatic nitrogens is 3. The van der Waals surface area contributed by atoms with Crippen LogP contribution in [-0.2, 0) is 16.4 Å². The molecule has 0 radical (unpaired) electrons. The average Bonchev–Trinajstić information content (AvgIpc) is 2.91. The Morgan fingerprint density at radius 2 is 1.96 bits per heavy atom. The zero-order chi connectivity index (χ0) is 19.4. The maximum Gasteiger partial charge on any atom is 0.284 e. The molecule has 1 aliphatic heterocycles. The van der Waals surface area contributed by atoms with Crippen LogP contribution >= 0.6 is 11.8 Å². The highest BCUT2D eigenvalue weighted by Gasteiger charge is 2.28. The molecule has 3 rings (SSSR count). The van der Waals surface area contributed by atoms with Gasteiger partial charge in [-0.15, -0.1) is 5.10 Å². The van der Waals surface area contributed by atoms with E-state index < -0.39 is 14.9 Å². The second-order valence-electron chi connectivity index (χ2n) is 6.23. The third-order valence-electron chi connectivity index (χ3n) is 4.38. The lowest BCUT2D eigenvalue weighted by Gasteiger charge is -2.20. The summed E-state index contributed by atoms with van der Waals surface area (Å²) in [6.07, 6.45) is 4.28. The van der Waals surface area contributed by atoms with Crippen molar-refractivity contribution >= 4 is 27.5 Å². The zero-order valence-corrected chi connectivity index (χ0v) is 16.6. The average molecular weight is 412 g/mol. The van der Waals surface area contributed by atoms with Crippen LogP contribution in [0.15, 0.2) is 33.1 Å². The molecule has 0 bridgehead atoms. The summed E-state index contributed by atoms with van der Waals surface area (Å²) in [5.41, 5.74) is -0.265. The van der Waals surface area contributed by atoms with E-state index in [1.807, 2.05) is 6.92 Å². The topological polar surface area (TPSA) is 122 Å². The minimum absolute atomic E-state index is 0.0512. The van der Waals surface area contributed by atoms with Gasteiger partial charge in [0, 0.05) is 25.6 Å². The first-order chi connectivity index (χ1) is 12.9. The minimum Gasteiger partial charge on any atom is -0.262 e. The van der Waals surface area contributed by atoms with E-state index in [-0.39, 0.29) is 10.6 Å². The number of H-pyrrole nitrogens is 1. The molecule has 0 atom stereocenters. The van der Waals surface area contributed by atoms with Gasteiger partial charge in [-0.2, -0.15) is 4.31 Å². The molecule has 0 spiro atoms. The second-order valence-corrected chi connectivity index (χ2v) is 9.17. The molecule has 1 N–H and O–H groups in total. The van der Waals surface area contributed by atoms with Crippen molar-refractivity contribution in [3.63, 3.8) is 0 Å². The third-order valence-corrected chi connectivity index (χ3v) is 7.20. The Labute approximate surface area is 161 Å². The van der Waals surface area contributed by atoms with Gasteiger partial charge in [0.05, 0.1) is 14.7 Å². The second kappa shape index (κ2) is 8.36. The molecule has 0 saturated carbocycles. The standard InChI is InChI=1S/C16H21N5O4S2/c1-2-15-17-16(19-18-15)26-14-8-7-12(11-13(14)21(22)23)27(24,25)20-9-5-3-4-6-10-20/h7-8,11H,2-6,9-10H2,1H3,(H,17,18,19). The number of aryl methyl sites for hydroxylation is 1. The fraction of sp³-hybridized carbons (Fsp3) is 0.500. The van der Waals surface area contributed by atoms with Crippen molar-refractivity contribution in [2.24, 2.45) is 0 Å². The summed E-state index contributed by atoms with van der Waals surface area (Å²) < 4.78 is 27.2. The molecule has 2 heterocycles. The van der Waals surface area contributed by atoms with Gasteiger partial charge < -0.3 is 0 Å². The molecular formula is C16H21N5O4S2. The van der Waals surface area contributed by atoms with E-state index in [0.29, 0.717) is 35.4 Å². The monoisotopic (exact) mass is 411 g/mol. The van der Waals surface area contributed by atoms with Crippen molar-refractivity contribution < 1.29 is 13.3 Å². The Kier molecular flexibility index (Phi) is 6.12. The normalized spacial score (nSPS) is 16.2. The van der Waals surface area contributed by atoms with Crippen LogP contribution in [0, 0.1) is 10.1 Å². The number of rotatable bonds is 6. The summed E-state index contributed by atoms with van der Waals surface area (Å²) in [7, 11) is -3.75. The van der Waals surface area contributed by atoms with E-state index in [9.17, 15) is 18.5 Å². The molecule has 0 unspecified atom stereocenters. The largest absolute Gasteiger partial charge is 0.284 e. The molecule has 1 aromatic carbocycles. The molecule has 1 aromatic heterocycles. The number of hydrogen-bond donors (Lipinski definition) is 1. The summed E-state index contributed by atoms with van der Waals surface area (Å²) in [4.78, 5) is 15.4. The molecule has 1 saturated heterocycles. The van der Waals surface area contributed by atoms with Crippen molar-refractivity contribution in [3.05, 3.63) is 34.1 Å². The van der Waals surface area contributed by atoms with E-state index in [0.717, 1.165) is 43.5 Å². The summed E-state index contributed by atoms with van der Waals surface area (Å²) in [6.45, 7) is 2.81. The highest BCUT2D eigenvalue weighted by atomic mass is 32.2. The van der Waals surface area contributed by atoms with Crippen LogP contribution in [0.25, 0.3) is 0 Å². The number of nitro benzene ring substituents is 1. The number of nitrogens with zero attached hydrogens (tertiary/aromatic N) is 4. The van der Waals surface area contributed by atoms with E-state index >= 15 is 0 Å². The van der Waals surface area contributed by atoms with E-state index in [1.165, 1.54) is 16.4 Å². The maximum absolute atomic E-state index is 12.9. The highest BCUT2D eigenvalue weighted by molar-refractivity contribution is 7.99. The molecule has 1 fully saturated rings. The fourth-order valence-corrected chi connectivity index (χ4v) is 5.25. The molecule has 0 amide bonds. The Morgan fingerprint density at radius 3 is 2.56 bits per heavy atom. The summed E-state index contributed by atoms with van der Waals surface area (Å²) >= 11 is 1.03. The number of aromatic amines is 1. The highest BCUT2D eigenvalue weighted by Crippen LogP contribution is 2.35. The van der Waals surface area contributed by atoms with E-state index in [4.69, 9.17) is 0 Å². The molecule has 1 aliphatic rings. The lowest BCUT2D eigenvalue weighted by atomic mass is 10.2. The van der Waals surface area contributed by atoms with Gasteiger partial charge >= 0.3 is 0 Å². The van der Waals surface area contributed by atoms with Crippen molar-refractivity contribution in [1.29, 1.82) is 0 Å². The molecular weight excluding hydrogens is 390 g/mol. The number of nitrogens with one attached hydrogen (secondary N) is 1. The van der Waals surface area contributed by atoms with Crippen LogP contribution in [0.3, 0.4) is 0 Å². The number of hydrogen-bond acceptors (Lipinski definition) is 7. The Hall–Kier alpha value is -1.98. The van der Waals surface area contributed by atoms with Crippen LogP contribution in [0.5, 0.6) is 0 Å². The van der Waals surface area contributed by atoms with Crippen LogP contribution in [0.4, 0.5) is 5.69 Å². The fourth-order valence-electron chi connectivity index (χ4n) is 2.90. The smallest absolute Gasteiger partial charge is 0.262 e. The molecule has 11 heteroatoms. The van der Waals surface area contributed by atoms with E-state index in [2.05, 4.69) is 15.2 Å². The van der Waals surface area contributed by atoms with Gasteiger partial charge in [-0.3, -0.25) is 15.2 Å². The van der Waals surface area contributed by atoms with Gasteiger partial charge in [0.15, 0.2) is 0 Å². The van der Waals surface area contributed by atoms with Gasteiger partial charge in [-0.1, -0.05) is 19.8 Å². The van der Waals surface area contributed by atoms with Crippen LogP contribution < -0.4 is 0 Å². The first-order valence-corrected chi connectivity index (χ1v) is 11.0. The zero-order valence-electron chi connectivity index (χ0n) is 14.9. The predicted octanol–water partition coefficient (Wildman–Crippen LogP) is 2.99. The van der Waals surface area contributed by atoms with Crippen LogP contribution in [-0.4, -0.2) is 45.9 Å². The van der Waals surface area contributed by atoms with Gasteiger partial charge in [0.1, 0.15) is 5.82 Å². The Morgan fingerprint density at radius 1 is 1.26 bits per heavy atom. The SMILES string of the molecule is CCc1nc(Sc2ccc(S(=O)(=O)N3CCCCCC3)cc2[N+](=O)[O-])n[nH]1. The molecule has 0 aliphatic carbocycles. The Bertz CT molecular complexity index is 921. The van der Waals surface area contributed by atoms with Crippen molar-refractivity contribution in [1.82, 2.24) is 19.5 Å². The first kappa shape index (κ1) is 19.8. The summed E-state index contributed by atoms with van der Waals surface area (Å²) in [5, 5.41) is 18.6. The molecule has 27 heavy (non-hydrogen) atoms. The number of sulfonamides is 1. The number of nitro groups is 1. The molecule has 2 aromatic rings. The molecule has 9 nitrogen and oxygen atoms in total. The van der Waals surface area contributed by atoms with Crippen LogP contribution in [0.2, 0.25) is 0 Å². The summed E-state index contributed by atoms with van der Waals surface area (Å²) in [6, 6.07) is 4.01. The van der Waals surface area contributed by atoms with Gasteiger partial charge in [0.2, 0.25) is 15.2 Å². The van der Waals surface area contributed by atoms with E-state index in [1.54, 1.807) is 0 Å². The van der Waals surface area contributed by atoms with Crippen LogP contribution in [0.1, 0.15) is 38.4 Å². The quantitative estimate of drug-likeness (QED) is 0.572. The predicted molar refractivity (Wildman–Crippen MR) is 100 cm³/mol. The van der Waals surface area contributed by atoms with Gasteiger partial charge in [-0.05, 0) is 36.7 Å². The van der Waals surface area contributed by atoms with Gasteiger partial charge in [0.25, 0.3) is 5.69 Å². The number of benzene rings is 1. The van der Waals surface area contributed by atoms with Crippen molar-refractivity contribution in [2.75, 3.05) is 13.1 Å². The first-order valence-electron chi connectivity index (χ1n) is 8.79. The van der Waals surface area contributed by atoms with Crippen molar-refractivity contribution in [2.45, 2.75) is 54.0 Å². The lowest BCUT2D eigenvalue weighted by Crippen LogP contribution is -2.31. The summed E-state index contributed by atoms with van der Waals surface area (Å²) in [5.74, 6) is 0.681. The van der Waals surface area contributed by atoms with Crippen molar-refractivity contribution in [3.8, 4) is 0 Å². The third kappa shape index (κ3) is 4.47. The maximum atomic E-state index is 12.9. The Balaban J connectivity index is 1.91. The van der Waals surface area contributed by atoms with Gasteiger partial charge in [-0.25, -0.2) is 13.4 Å².